The van der Waals surface area contributed by atoms with Crippen LogP contribution in [0.4, 0.5) is 5.69 Å². The molecule has 25 heavy (non-hydrogen) atoms. The number of ether oxygens (including phenoxy) is 1. The molecule has 6 heteroatoms. The number of nitrogens with one attached hydrogen (secondary N) is 1. The molecule has 1 atom stereocenters. The van der Waals surface area contributed by atoms with Crippen molar-refractivity contribution < 1.29 is 9.53 Å². The fraction of sp³-hybridized carbons (Fsp3) is 0.474. The maximum Gasteiger partial charge on any atom is 0.271 e. The minimum atomic E-state index is -0.0411. The van der Waals surface area contributed by atoms with Gasteiger partial charge in [0.25, 0.3) is 5.91 Å². The van der Waals surface area contributed by atoms with E-state index in [1.54, 1.807) is 18.4 Å². The second kappa shape index (κ2) is 7.04. The summed E-state index contributed by atoms with van der Waals surface area (Å²) >= 11 is 1.62. The first kappa shape index (κ1) is 16.4. The number of hydrogen-bond acceptors (Lipinski definition) is 5. The lowest BCUT2D eigenvalue weighted by Crippen LogP contribution is -2.47. The average Bonchev–Trinajstić information content (AvgIpc) is 3.38. The molecule has 4 rings (SSSR count). The van der Waals surface area contributed by atoms with Crippen LogP contribution in [-0.4, -0.2) is 37.1 Å². The van der Waals surface area contributed by atoms with E-state index in [2.05, 4.69) is 21.3 Å². The van der Waals surface area contributed by atoms with Crippen molar-refractivity contribution >= 4 is 22.9 Å². The van der Waals surface area contributed by atoms with Gasteiger partial charge < -0.3 is 15.0 Å². The molecule has 1 aliphatic heterocycles. The lowest BCUT2D eigenvalue weighted by Gasteiger charge is -2.34. The predicted molar refractivity (Wildman–Crippen MR) is 99.8 cm³/mol. The predicted octanol–water partition coefficient (Wildman–Crippen LogP) is 3.43. The Hall–Kier alpha value is -2.08. The number of amides is 1. The Balaban J connectivity index is 1.39. The molecule has 1 aromatic heterocycles. The van der Waals surface area contributed by atoms with E-state index < -0.39 is 0 Å². The van der Waals surface area contributed by atoms with Gasteiger partial charge in [-0.05, 0) is 37.8 Å². The molecule has 2 aliphatic rings. The van der Waals surface area contributed by atoms with E-state index in [9.17, 15) is 4.79 Å². The number of methoxy groups -OCH3 is 1. The summed E-state index contributed by atoms with van der Waals surface area (Å²) < 4.78 is 5.32. The summed E-state index contributed by atoms with van der Waals surface area (Å²) in [6.45, 7) is 1.82. The molecule has 2 heterocycles. The highest BCUT2D eigenvalue weighted by molar-refractivity contribution is 7.10. The van der Waals surface area contributed by atoms with E-state index in [0.29, 0.717) is 11.6 Å². The van der Waals surface area contributed by atoms with Gasteiger partial charge >= 0.3 is 0 Å². The van der Waals surface area contributed by atoms with Crippen molar-refractivity contribution in [1.82, 2.24) is 10.3 Å². The van der Waals surface area contributed by atoms with Crippen molar-refractivity contribution in [3.05, 3.63) is 40.3 Å². The summed E-state index contributed by atoms with van der Waals surface area (Å²) in [6, 6.07) is 8.25. The van der Waals surface area contributed by atoms with Crippen molar-refractivity contribution in [2.75, 3.05) is 25.1 Å². The number of anilines is 1. The smallest absolute Gasteiger partial charge is 0.271 e. The number of aromatic nitrogens is 1. The Bertz CT molecular complexity index is 757. The van der Waals surface area contributed by atoms with Gasteiger partial charge in [-0.1, -0.05) is 6.07 Å². The summed E-state index contributed by atoms with van der Waals surface area (Å²) in [6.07, 6.45) is 4.50. The fourth-order valence-corrected chi connectivity index (χ4v) is 4.28. The van der Waals surface area contributed by atoms with Gasteiger partial charge in [-0.3, -0.25) is 4.79 Å². The van der Waals surface area contributed by atoms with Crippen molar-refractivity contribution in [3.63, 3.8) is 0 Å². The zero-order valence-electron chi connectivity index (χ0n) is 14.4. The monoisotopic (exact) mass is 357 g/mol. The maximum atomic E-state index is 12.5. The van der Waals surface area contributed by atoms with E-state index in [1.165, 1.54) is 12.8 Å². The second-order valence-electron chi connectivity index (χ2n) is 6.81. The summed E-state index contributed by atoms with van der Waals surface area (Å²) in [5, 5.41) is 6.18. The Labute approximate surface area is 152 Å². The van der Waals surface area contributed by atoms with E-state index >= 15 is 0 Å². The van der Waals surface area contributed by atoms with Crippen LogP contribution in [-0.2, 0) is 0 Å². The third kappa shape index (κ3) is 3.79. The van der Waals surface area contributed by atoms with Gasteiger partial charge in [0.15, 0.2) is 0 Å². The molecule has 1 aromatic carbocycles. The van der Waals surface area contributed by atoms with Gasteiger partial charge in [0.2, 0.25) is 0 Å². The first-order valence-corrected chi connectivity index (χ1v) is 9.76. The summed E-state index contributed by atoms with van der Waals surface area (Å²) in [5.41, 5.74) is 1.72. The normalized spacial score (nSPS) is 20.4. The van der Waals surface area contributed by atoms with Gasteiger partial charge in [0.05, 0.1) is 12.1 Å². The van der Waals surface area contributed by atoms with E-state index in [-0.39, 0.29) is 11.9 Å². The first-order chi connectivity index (χ1) is 12.2. The van der Waals surface area contributed by atoms with Crippen LogP contribution in [0.1, 0.15) is 47.1 Å². The van der Waals surface area contributed by atoms with Crippen LogP contribution in [0.2, 0.25) is 0 Å². The molecule has 1 saturated heterocycles. The standard InChI is InChI=1S/C19H23N3O2S/c1-24-16-6-2-5-15(10-16)22-9-3-4-14(11-22)20-18(23)17-12-25-19(21-17)13-7-8-13/h2,5-6,10,12-14H,3-4,7-9,11H2,1H3,(H,20,23). The number of thiazole rings is 1. The molecule has 1 aliphatic carbocycles. The molecular weight excluding hydrogens is 334 g/mol. The quantitative estimate of drug-likeness (QED) is 0.891. The van der Waals surface area contributed by atoms with Crippen LogP contribution in [0.3, 0.4) is 0 Å². The van der Waals surface area contributed by atoms with Crippen LogP contribution in [0, 0.1) is 0 Å². The summed E-state index contributed by atoms with van der Waals surface area (Å²) in [4.78, 5) is 19.3. The van der Waals surface area contributed by atoms with Gasteiger partial charge in [-0.2, -0.15) is 0 Å². The zero-order chi connectivity index (χ0) is 17.2. The van der Waals surface area contributed by atoms with Crippen LogP contribution < -0.4 is 15.0 Å². The van der Waals surface area contributed by atoms with Gasteiger partial charge in [0.1, 0.15) is 11.4 Å². The largest absolute Gasteiger partial charge is 0.497 e. The number of carbonyl (C=O) groups excluding carboxylic acids is 1. The van der Waals surface area contributed by atoms with Gasteiger partial charge in [-0.15, -0.1) is 11.3 Å². The molecule has 2 aromatic rings. The molecule has 0 radical (unpaired) electrons. The van der Waals surface area contributed by atoms with Crippen molar-refractivity contribution in [1.29, 1.82) is 0 Å². The number of piperidine rings is 1. The first-order valence-electron chi connectivity index (χ1n) is 8.88. The van der Waals surface area contributed by atoms with E-state index in [4.69, 9.17) is 4.74 Å². The summed E-state index contributed by atoms with van der Waals surface area (Å²) in [5.74, 6) is 1.42. The molecule has 0 spiro atoms. The number of nitrogens with zero attached hydrogens (tertiary/aromatic N) is 2. The third-order valence-corrected chi connectivity index (χ3v) is 5.86. The lowest BCUT2D eigenvalue weighted by atomic mass is 10.0. The lowest BCUT2D eigenvalue weighted by molar-refractivity contribution is 0.0928. The highest BCUT2D eigenvalue weighted by Gasteiger charge is 2.28. The van der Waals surface area contributed by atoms with E-state index in [0.717, 1.165) is 42.4 Å². The molecule has 5 nitrogen and oxygen atoms in total. The Kier molecular flexibility index (Phi) is 4.61. The van der Waals surface area contributed by atoms with Gasteiger partial charge in [0, 0.05) is 42.2 Å². The Morgan fingerprint density at radius 1 is 1.36 bits per heavy atom. The molecule has 1 unspecified atom stereocenters. The van der Waals surface area contributed by atoms with Crippen LogP contribution in [0.25, 0.3) is 0 Å². The molecule has 2 fully saturated rings. The minimum Gasteiger partial charge on any atom is -0.497 e. The third-order valence-electron chi connectivity index (χ3n) is 4.86. The molecule has 0 bridgehead atoms. The molecule has 1 N–H and O–H groups in total. The number of rotatable bonds is 5. The number of carbonyl (C=O) groups is 1. The molecule has 132 valence electrons. The number of hydrogen-bond donors (Lipinski definition) is 1. The summed E-state index contributed by atoms with van der Waals surface area (Å²) in [7, 11) is 1.68. The van der Waals surface area contributed by atoms with Crippen LogP contribution in [0.15, 0.2) is 29.6 Å². The van der Waals surface area contributed by atoms with Gasteiger partial charge in [-0.25, -0.2) is 4.98 Å². The zero-order valence-corrected chi connectivity index (χ0v) is 15.2. The van der Waals surface area contributed by atoms with Crippen molar-refractivity contribution in [3.8, 4) is 5.75 Å². The minimum absolute atomic E-state index is 0.0411. The Morgan fingerprint density at radius 2 is 2.24 bits per heavy atom. The molecular formula is C19H23N3O2S. The topological polar surface area (TPSA) is 54.5 Å². The van der Waals surface area contributed by atoms with Crippen molar-refractivity contribution in [2.24, 2.45) is 0 Å². The molecule has 1 saturated carbocycles. The highest BCUT2D eigenvalue weighted by Crippen LogP contribution is 2.41. The fourth-order valence-electron chi connectivity index (χ4n) is 3.31. The van der Waals surface area contributed by atoms with Crippen molar-refractivity contribution in [2.45, 2.75) is 37.6 Å². The Morgan fingerprint density at radius 3 is 3.04 bits per heavy atom. The maximum absolute atomic E-state index is 12.5. The molecule has 1 amide bonds. The number of benzene rings is 1. The van der Waals surface area contributed by atoms with Crippen LogP contribution >= 0.6 is 11.3 Å². The van der Waals surface area contributed by atoms with Crippen LogP contribution in [0.5, 0.6) is 5.75 Å². The highest BCUT2D eigenvalue weighted by atomic mass is 32.1. The second-order valence-corrected chi connectivity index (χ2v) is 7.70. The average molecular weight is 357 g/mol. The SMILES string of the molecule is COc1cccc(N2CCCC(NC(=O)c3csc(C4CC4)n3)C2)c1. The van der Waals surface area contributed by atoms with E-state index in [1.807, 2.05) is 23.6 Å².